The van der Waals surface area contributed by atoms with Crippen molar-refractivity contribution < 1.29 is 14.3 Å². The fourth-order valence-corrected chi connectivity index (χ4v) is 4.52. The third-order valence-corrected chi connectivity index (χ3v) is 6.70. The van der Waals surface area contributed by atoms with Gasteiger partial charge in [0.05, 0.1) is 20.2 Å². The molecule has 3 rings (SSSR count). The average Bonchev–Trinajstić information content (AvgIpc) is 2.93. The number of rotatable bonds is 7. The summed E-state index contributed by atoms with van der Waals surface area (Å²) in [7, 11) is 1.80. The van der Waals surface area contributed by atoms with Crippen LogP contribution in [0.5, 0.6) is 11.5 Å². The molecular formula is C22H21Cl2IN2O3S. The topological polar surface area (TPSA) is 42.0 Å². The van der Waals surface area contributed by atoms with E-state index in [-0.39, 0.29) is 5.91 Å². The summed E-state index contributed by atoms with van der Waals surface area (Å²) in [5, 5.41) is 1.48. The Morgan fingerprint density at radius 3 is 2.48 bits per heavy atom. The molecule has 2 aromatic rings. The third kappa shape index (κ3) is 5.27. The summed E-state index contributed by atoms with van der Waals surface area (Å²) in [4.78, 5) is 16.0. The lowest BCUT2D eigenvalue weighted by atomic mass is 10.1. The van der Waals surface area contributed by atoms with Crippen molar-refractivity contribution in [3.05, 3.63) is 60.8 Å². The van der Waals surface area contributed by atoms with Crippen LogP contribution in [0.15, 0.2) is 36.0 Å². The van der Waals surface area contributed by atoms with Gasteiger partial charge >= 0.3 is 0 Å². The lowest BCUT2D eigenvalue weighted by molar-refractivity contribution is -0.122. The maximum Gasteiger partial charge on any atom is 0.276 e. The number of nitrogens with zero attached hydrogens (tertiary/aromatic N) is 2. The molecule has 0 spiro atoms. The number of hydrogen-bond acceptors (Lipinski definition) is 4. The molecular weight excluding hydrogens is 570 g/mol. The molecule has 1 saturated heterocycles. The highest BCUT2D eigenvalue weighted by molar-refractivity contribution is 14.1. The van der Waals surface area contributed by atoms with Crippen LogP contribution in [0.2, 0.25) is 10.0 Å². The zero-order valence-electron chi connectivity index (χ0n) is 17.2. The second-order valence-electron chi connectivity index (χ2n) is 6.72. The van der Waals surface area contributed by atoms with Gasteiger partial charge in [0.2, 0.25) is 0 Å². The van der Waals surface area contributed by atoms with Crippen molar-refractivity contribution in [2.75, 3.05) is 20.2 Å². The van der Waals surface area contributed by atoms with E-state index in [1.807, 2.05) is 38.1 Å². The van der Waals surface area contributed by atoms with E-state index < -0.39 is 0 Å². The number of likely N-dealkylation sites (N-methyl/N-ethyl adjacent to an activating group) is 2. The Morgan fingerprint density at radius 2 is 1.87 bits per heavy atom. The van der Waals surface area contributed by atoms with Gasteiger partial charge in [-0.3, -0.25) is 9.69 Å². The quantitative estimate of drug-likeness (QED) is 0.225. The minimum atomic E-state index is -0.108. The first kappa shape index (κ1) is 24.1. The van der Waals surface area contributed by atoms with Gasteiger partial charge in [0.25, 0.3) is 5.91 Å². The second kappa shape index (κ2) is 10.4. The highest BCUT2D eigenvalue weighted by Gasteiger charge is 2.34. The number of benzene rings is 2. The number of amides is 1. The second-order valence-corrected chi connectivity index (χ2v) is 9.06. The first-order valence-electron chi connectivity index (χ1n) is 9.61. The fraction of sp³-hybridized carbons (Fsp3) is 0.273. The normalized spacial score (nSPS) is 15.2. The van der Waals surface area contributed by atoms with Gasteiger partial charge in [-0.15, -0.1) is 0 Å². The van der Waals surface area contributed by atoms with Crippen molar-refractivity contribution in [2.24, 2.45) is 0 Å². The van der Waals surface area contributed by atoms with E-state index in [4.69, 9.17) is 44.9 Å². The monoisotopic (exact) mass is 590 g/mol. The van der Waals surface area contributed by atoms with Gasteiger partial charge < -0.3 is 14.4 Å². The summed E-state index contributed by atoms with van der Waals surface area (Å²) < 4.78 is 12.7. The minimum absolute atomic E-state index is 0.108. The first-order valence-corrected chi connectivity index (χ1v) is 11.8. The maximum absolute atomic E-state index is 12.7. The lowest BCUT2D eigenvalue weighted by Gasteiger charge is -2.16. The fourth-order valence-electron chi connectivity index (χ4n) is 3.11. The Kier molecular flexibility index (Phi) is 8.07. The molecule has 0 bridgehead atoms. The van der Waals surface area contributed by atoms with E-state index in [0.29, 0.717) is 52.1 Å². The van der Waals surface area contributed by atoms with E-state index in [2.05, 4.69) is 22.6 Å². The highest BCUT2D eigenvalue weighted by atomic mass is 127. The summed E-state index contributed by atoms with van der Waals surface area (Å²) >= 11 is 19.7. The molecule has 1 aliphatic rings. The van der Waals surface area contributed by atoms with Gasteiger partial charge in [-0.2, -0.15) is 0 Å². The van der Waals surface area contributed by atoms with Crippen LogP contribution in [-0.4, -0.2) is 41.0 Å². The molecule has 0 N–H and O–H groups in total. The molecule has 0 atom stereocenters. The Bertz CT molecular complexity index is 1060. The molecule has 9 heteroatoms. The predicted molar refractivity (Wildman–Crippen MR) is 137 cm³/mol. The van der Waals surface area contributed by atoms with E-state index in [9.17, 15) is 4.79 Å². The largest absolute Gasteiger partial charge is 0.490 e. The number of carbonyl (C=O) groups is 1. The van der Waals surface area contributed by atoms with Crippen LogP contribution in [0, 0.1) is 3.57 Å². The molecule has 0 radical (unpaired) electrons. The molecule has 0 aliphatic carbocycles. The standard InChI is InChI=1S/C22H21Cl2IN2O3S/c1-4-27-21(28)18(26(3)22(27)31)10-14-9-17(25)20(19(11-14)29-5-2)30-12-13-6-7-15(23)16(24)8-13/h6-11H,4-5,12H2,1-3H3/b18-10-. The van der Waals surface area contributed by atoms with Gasteiger partial charge in [-0.25, -0.2) is 0 Å². The lowest BCUT2D eigenvalue weighted by Crippen LogP contribution is -2.30. The number of ether oxygens (including phenoxy) is 2. The Labute approximate surface area is 211 Å². The molecule has 1 aliphatic heterocycles. The van der Waals surface area contributed by atoms with Crippen molar-refractivity contribution >= 4 is 75.1 Å². The van der Waals surface area contributed by atoms with E-state index >= 15 is 0 Å². The van der Waals surface area contributed by atoms with Crippen LogP contribution in [0.1, 0.15) is 25.0 Å². The molecule has 0 aromatic heterocycles. The molecule has 164 valence electrons. The molecule has 1 fully saturated rings. The molecule has 5 nitrogen and oxygen atoms in total. The van der Waals surface area contributed by atoms with Crippen molar-refractivity contribution in [1.82, 2.24) is 9.80 Å². The van der Waals surface area contributed by atoms with Crippen LogP contribution in [0.25, 0.3) is 6.08 Å². The summed E-state index contributed by atoms with van der Waals surface area (Å²) in [6, 6.07) is 9.19. The molecule has 1 heterocycles. The minimum Gasteiger partial charge on any atom is -0.490 e. The third-order valence-electron chi connectivity index (χ3n) is 4.66. The van der Waals surface area contributed by atoms with Gasteiger partial charge in [0.1, 0.15) is 12.3 Å². The number of carbonyl (C=O) groups excluding carboxylic acids is 1. The maximum atomic E-state index is 12.7. The van der Waals surface area contributed by atoms with E-state index in [1.165, 1.54) is 0 Å². The van der Waals surface area contributed by atoms with E-state index in [1.54, 1.807) is 29.0 Å². The first-order chi connectivity index (χ1) is 14.8. The van der Waals surface area contributed by atoms with Crippen LogP contribution in [0.3, 0.4) is 0 Å². The highest BCUT2D eigenvalue weighted by Crippen LogP contribution is 2.36. The SMILES string of the molecule is CCOc1cc(/C=C2/C(=O)N(CC)C(=S)N2C)cc(I)c1OCc1ccc(Cl)c(Cl)c1. The van der Waals surface area contributed by atoms with Crippen LogP contribution >= 0.6 is 58.0 Å². The van der Waals surface area contributed by atoms with Gasteiger partial charge in [-0.1, -0.05) is 29.3 Å². The van der Waals surface area contributed by atoms with Crippen molar-refractivity contribution in [3.63, 3.8) is 0 Å². The molecule has 0 saturated carbocycles. The zero-order chi connectivity index (χ0) is 22.7. The Balaban J connectivity index is 1.90. The summed E-state index contributed by atoms with van der Waals surface area (Å²) in [6.45, 7) is 5.13. The average molecular weight is 591 g/mol. The van der Waals surface area contributed by atoms with Crippen molar-refractivity contribution in [1.29, 1.82) is 0 Å². The van der Waals surface area contributed by atoms with Crippen LogP contribution < -0.4 is 9.47 Å². The number of hydrogen-bond donors (Lipinski definition) is 0. The number of halogens is 3. The van der Waals surface area contributed by atoms with Gasteiger partial charge in [0, 0.05) is 13.6 Å². The number of thiocarbonyl (C=S) groups is 1. The zero-order valence-corrected chi connectivity index (χ0v) is 21.7. The Morgan fingerprint density at radius 1 is 1.13 bits per heavy atom. The molecule has 0 unspecified atom stereocenters. The smallest absolute Gasteiger partial charge is 0.276 e. The van der Waals surface area contributed by atoms with Crippen molar-refractivity contribution in [2.45, 2.75) is 20.5 Å². The molecule has 31 heavy (non-hydrogen) atoms. The molecule has 2 aromatic carbocycles. The van der Waals surface area contributed by atoms with Gasteiger partial charge in [-0.05, 0) is 90.1 Å². The van der Waals surface area contributed by atoms with Gasteiger partial charge in [0.15, 0.2) is 16.6 Å². The van der Waals surface area contributed by atoms with Crippen molar-refractivity contribution in [3.8, 4) is 11.5 Å². The summed E-state index contributed by atoms with van der Waals surface area (Å²) in [5.74, 6) is 1.12. The summed E-state index contributed by atoms with van der Waals surface area (Å²) in [5.41, 5.74) is 2.24. The molecule has 1 amide bonds. The van der Waals surface area contributed by atoms with E-state index in [0.717, 1.165) is 14.7 Å². The Hall–Kier alpha value is -1.55. The van der Waals surface area contributed by atoms with Crippen LogP contribution in [-0.2, 0) is 11.4 Å². The van der Waals surface area contributed by atoms with Crippen LogP contribution in [0.4, 0.5) is 0 Å². The predicted octanol–water partition coefficient (Wildman–Crippen LogP) is 6.00. The summed E-state index contributed by atoms with van der Waals surface area (Å²) in [6.07, 6.45) is 1.82.